The third kappa shape index (κ3) is 11.8. The first-order valence-electron chi connectivity index (χ1n) is 13.7. The molecule has 0 heterocycles. The predicted octanol–water partition coefficient (Wildman–Crippen LogP) is 9.57. The van der Waals surface area contributed by atoms with E-state index in [1.807, 2.05) is 0 Å². The second-order valence-electron chi connectivity index (χ2n) is 14.0. The molecule has 0 radical (unpaired) electrons. The van der Waals surface area contributed by atoms with E-state index >= 15 is 0 Å². The Hall–Kier alpha value is -1.58. The molecule has 0 aliphatic heterocycles. The van der Waals surface area contributed by atoms with Gasteiger partial charge in [-0.25, -0.2) is 0 Å². The number of ketones is 1. The van der Waals surface area contributed by atoms with Gasteiger partial charge in [0.2, 0.25) is 25.0 Å². The summed E-state index contributed by atoms with van der Waals surface area (Å²) in [6.45, 7) is 32.2. The molecule has 210 valence electrons. The minimum absolute atomic E-state index is 0.0907. The number of Topliss-reactive ketones (excluding diaryl/α,β-unsaturated/α-hetero) is 1. The van der Waals surface area contributed by atoms with Crippen LogP contribution >= 0.6 is 0 Å². The third-order valence-corrected chi connectivity index (χ3v) is 7.53. The van der Waals surface area contributed by atoms with E-state index in [-0.39, 0.29) is 11.7 Å². The molecule has 0 spiro atoms. The fourth-order valence-corrected chi connectivity index (χ4v) is 6.30. The zero-order chi connectivity index (χ0) is 28.9. The molecular formula is C30H54O4Si3. The lowest BCUT2D eigenvalue weighted by Crippen LogP contribution is -2.35. The second kappa shape index (κ2) is 13.0. The van der Waals surface area contributed by atoms with Gasteiger partial charge in [-0.2, -0.15) is 0 Å². The molecule has 0 saturated carbocycles. The molecular weight excluding hydrogens is 509 g/mol. The van der Waals surface area contributed by atoms with Gasteiger partial charge < -0.3 is 13.3 Å². The summed E-state index contributed by atoms with van der Waals surface area (Å²) in [5.41, 5.74) is 5.04. The zero-order valence-electron chi connectivity index (χ0n) is 26.5. The highest BCUT2D eigenvalue weighted by atomic mass is 28.4. The molecule has 37 heavy (non-hydrogen) atoms. The Morgan fingerprint density at radius 1 is 0.649 bits per heavy atom. The summed E-state index contributed by atoms with van der Waals surface area (Å²) in [5, 5.41) is 0. The lowest BCUT2D eigenvalue weighted by molar-refractivity contribution is 0.0964. The van der Waals surface area contributed by atoms with Crippen LogP contribution in [0.4, 0.5) is 0 Å². The summed E-state index contributed by atoms with van der Waals surface area (Å²) in [6.07, 6.45) is 6.17. The summed E-state index contributed by atoms with van der Waals surface area (Å²) in [7, 11) is -6.21. The quantitative estimate of drug-likeness (QED) is 0.136. The summed E-state index contributed by atoms with van der Waals surface area (Å²) in [4.78, 5) is 14.1. The Morgan fingerprint density at radius 2 is 0.973 bits per heavy atom. The summed E-state index contributed by atoms with van der Waals surface area (Å²) in [6, 6.07) is 0. The van der Waals surface area contributed by atoms with Gasteiger partial charge in [-0.05, 0) is 105 Å². The standard InChI is InChI=1S/C30H54O4Si3/c1-21(2)16-18-24-28(32-35(7,8)9)25(19-17-22(3)4)30(34-37(13,14)15)27(26(31)20-23(5)6)29(24)33-36(10,11)12/h16-17,23H,18-20H2,1-15H3. The van der Waals surface area contributed by atoms with Gasteiger partial charge in [0.15, 0.2) is 5.78 Å². The van der Waals surface area contributed by atoms with Gasteiger partial charge in [-0.15, -0.1) is 0 Å². The van der Waals surface area contributed by atoms with Gasteiger partial charge in [0.25, 0.3) is 0 Å². The van der Waals surface area contributed by atoms with Crippen molar-refractivity contribution in [3.05, 3.63) is 40.0 Å². The van der Waals surface area contributed by atoms with Crippen molar-refractivity contribution < 1.29 is 18.1 Å². The van der Waals surface area contributed by atoms with Crippen molar-refractivity contribution in [1.82, 2.24) is 0 Å². The van der Waals surface area contributed by atoms with Crippen molar-refractivity contribution in [2.45, 2.75) is 120 Å². The van der Waals surface area contributed by atoms with Crippen molar-refractivity contribution in [3.8, 4) is 17.2 Å². The van der Waals surface area contributed by atoms with Gasteiger partial charge in [0.1, 0.15) is 17.2 Å². The van der Waals surface area contributed by atoms with Crippen molar-refractivity contribution in [3.63, 3.8) is 0 Å². The lowest BCUT2D eigenvalue weighted by atomic mass is 9.91. The van der Waals surface area contributed by atoms with Gasteiger partial charge in [0.05, 0.1) is 5.56 Å². The molecule has 7 heteroatoms. The smallest absolute Gasteiger partial charge is 0.242 e. The SMILES string of the molecule is CC(C)=CCc1c(O[Si](C)(C)C)c(CC=C(C)C)c(O[Si](C)(C)C)c(C(=O)CC(C)C)c1O[Si](C)(C)C. The van der Waals surface area contributed by atoms with E-state index < -0.39 is 25.0 Å². The minimum Gasteiger partial charge on any atom is -0.544 e. The van der Waals surface area contributed by atoms with Crippen LogP contribution in [-0.2, 0) is 12.8 Å². The molecule has 0 aliphatic rings. The zero-order valence-corrected chi connectivity index (χ0v) is 29.5. The van der Waals surface area contributed by atoms with Crippen LogP contribution in [0.15, 0.2) is 23.3 Å². The van der Waals surface area contributed by atoms with Crippen LogP contribution in [0.2, 0.25) is 58.9 Å². The minimum atomic E-state index is -2.09. The van der Waals surface area contributed by atoms with E-state index in [0.29, 0.717) is 36.3 Å². The first-order chi connectivity index (χ1) is 16.6. The largest absolute Gasteiger partial charge is 0.544 e. The molecule has 1 aromatic rings. The van der Waals surface area contributed by atoms with Crippen molar-refractivity contribution in [1.29, 1.82) is 0 Å². The molecule has 0 aromatic heterocycles. The van der Waals surface area contributed by atoms with E-state index in [9.17, 15) is 4.79 Å². The Kier molecular flexibility index (Phi) is 11.7. The maximum atomic E-state index is 14.1. The summed E-state index contributed by atoms with van der Waals surface area (Å²) in [5.74, 6) is 2.55. The fraction of sp³-hybridized carbons (Fsp3) is 0.633. The van der Waals surface area contributed by atoms with Crippen LogP contribution in [0.5, 0.6) is 17.2 Å². The number of benzene rings is 1. The average molecular weight is 563 g/mol. The predicted molar refractivity (Wildman–Crippen MR) is 168 cm³/mol. The van der Waals surface area contributed by atoms with Crippen LogP contribution in [-0.4, -0.2) is 30.7 Å². The molecule has 0 amide bonds. The molecule has 0 unspecified atom stereocenters. The van der Waals surface area contributed by atoms with Crippen LogP contribution in [0.3, 0.4) is 0 Å². The van der Waals surface area contributed by atoms with E-state index in [1.54, 1.807) is 0 Å². The first kappa shape index (κ1) is 33.4. The van der Waals surface area contributed by atoms with Crippen LogP contribution in [0.25, 0.3) is 0 Å². The van der Waals surface area contributed by atoms with Crippen molar-refractivity contribution in [2.24, 2.45) is 5.92 Å². The molecule has 0 bridgehead atoms. The number of rotatable bonds is 13. The second-order valence-corrected chi connectivity index (χ2v) is 27.2. The van der Waals surface area contributed by atoms with Crippen molar-refractivity contribution in [2.75, 3.05) is 0 Å². The van der Waals surface area contributed by atoms with Crippen LogP contribution < -0.4 is 13.3 Å². The average Bonchev–Trinajstić information content (AvgIpc) is 2.62. The van der Waals surface area contributed by atoms with Crippen molar-refractivity contribution >= 4 is 30.7 Å². The Morgan fingerprint density at radius 3 is 1.24 bits per heavy atom. The van der Waals surface area contributed by atoms with E-state index in [0.717, 1.165) is 16.9 Å². The molecule has 0 fully saturated rings. The number of allylic oxidation sites excluding steroid dienone is 4. The Balaban J connectivity index is 4.45. The van der Waals surface area contributed by atoms with E-state index in [4.69, 9.17) is 13.3 Å². The third-order valence-electron chi connectivity index (χ3n) is 5.08. The molecule has 0 atom stereocenters. The number of carbonyl (C=O) groups is 1. The monoisotopic (exact) mass is 562 g/mol. The van der Waals surface area contributed by atoms with Crippen LogP contribution in [0, 0.1) is 5.92 Å². The molecule has 0 saturated heterocycles. The van der Waals surface area contributed by atoms with Gasteiger partial charge in [-0.1, -0.05) is 37.1 Å². The van der Waals surface area contributed by atoms with E-state index in [2.05, 4.69) is 113 Å². The highest BCUT2D eigenvalue weighted by Crippen LogP contribution is 2.48. The Bertz CT molecular complexity index is 948. The fourth-order valence-electron chi connectivity index (χ4n) is 3.77. The molecule has 0 aliphatic carbocycles. The normalized spacial score (nSPS) is 12.3. The highest BCUT2D eigenvalue weighted by Gasteiger charge is 2.35. The van der Waals surface area contributed by atoms with Crippen LogP contribution in [0.1, 0.15) is 69.4 Å². The van der Waals surface area contributed by atoms with Gasteiger partial charge >= 0.3 is 0 Å². The lowest BCUT2D eigenvalue weighted by Gasteiger charge is -2.33. The highest BCUT2D eigenvalue weighted by molar-refractivity contribution is 6.71. The molecule has 4 nitrogen and oxygen atoms in total. The summed E-state index contributed by atoms with van der Waals surface area (Å²) < 4.78 is 20.6. The summed E-state index contributed by atoms with van der Waals surface area (Å²) >= 11 is 0. The maximum absolute atomic E-state index is 14.1. The number of hydrogen-bond donors (Lipinski definition) is 0. The number of carbonyl (C=O) groups excluding carboxylic acids is 1. The van der Waals surface area contributed by atoms with E-state index in [1.165, 1.54) is 11.1 Å². The van der Waals surface area contributed by atoms with Gasteiger partial charge in [-0.3, -0.25) is 4.79 Å². The molecule has 1 aromatic carbocycles. The molecule has 1 rings (SSSR count). The first-order valence-corrected chi connectivity index (χ1v) is 23.9. The van der Waals surface area contributed by atoms with Gasteiger partial charge in [0, 0.05) is 17.5 Å². The Labute approximate surface area is 231 Å². The molecule has 0 N–H and O–H groups in total. The number of hydrogen-bond acceptors (Lipinski definition) is 4. The maximum Gasteiger partial charge on any atom is 0.242 e. The topological polar surface area (TPSA) is 44.8 Å².